The highest BCUT2D eigenvalue weighted by Gasteiger charge is 2.32. The Bertz CT molecular complexity index is 180. The van der Waals surface area contributed by atoms with Gasteiger partial charge in [0.25, 0.3) is 0 Å². The maximum atomic E-state index is 9.49. The first kappa shape index (κ1) is 13.8. The van der Waals surface area contributed by atoms with Gasteiger partial charge in [0.1, 0.15) is 0 Å². The van der Waals surface area contributed by atoms with E-state index in [1.165, 1.54) is 0 Å². The molecule has 0 aliphatic heterocycles. The second-order valence-corrected chi connectivity index (χ2v) is 4.35. The van der Waals surface area contributed by atoms with Crippen LogP contribution in [0.15, 0.2) is 24.3 Å². The summed E-state index contributed by atoms with van der Waals surface area (Å²) in [6.07, 6.45) is 10.4. The smallest absolute Gasteiger partial charge is 0.0806 e. The van der Waals surface area contributed by atoms with Gasteiger partial charge in [0.2, 0.25) is 0 Å². The zero-order valence-electron chi connectivity index (χ0n) is 9.66. The van der Waals surface area contributed by atoms with Crippen LogP contribution in [-0.4, -0.2) is 9.30 Å². The molecule has 82 valence electrons. The Balaban J connectivity index is 4.98. The van der Waals surface area contributed by atoms with Crippen molar-refractivity contribution < 1.29 is 4.55 Å². The second-order valence-electron chi connectivity index (χ2n) is 3.46. The molecule has 0 fully saturated rings. The van der Waals surface area contributed by atoms with Crippen LogP contribution in [0.5, 0.6) is 0 Å². The van der Waals surface area contributed by atoms with Crippen LogP contribution in [0.4, 0.5) is 0 Å². The lowest BCUT2D eigenvalue weighted by atomic mass is 9.86. The van der Waals surface area contributed by atoms with Gasteiger partial charge in [-0.1, -0.05) is 51.0 Å². The molecule has 0 aromatic carbocycles. The molecule has 0 aromatic rings. The van der Waals surface area contributed by atoms with E-state index in [-0.39, 0.29) is 4.75 Å². The zero-order valence-corrected chi connectivity index (χ0v) is 10.5. The molecule has 0 saturated carbocycles. The van der Waals surface area contributed by atoms with Crippen LogP contribution >= 0.6 is 12.0 Å². The summed E-state index contributed by atoms with van der Waals surface area (Å²) in [4.78, 5) is 0. The third kappa shape index (κ3) is 3.18. The highest BCUT2D eigenvalue weighted by molar-refractivity contribution is 7.95. The molecule has 14 heavy (non-hydrogen) atoms. The normalized spacial score (nSPS) is 17.0. The highest BCUT2D eigenvalue weighted by Crippen LogP contribution is 2.38. The van der Waals surface area contributed by atoms with Crippen LogP contribution in [0.3, 0.4) is 0 Å². The highest BCUT2D eigenvalue weighted by atomic mass is 32.2. The quantitative estimate of drug-likeness (QED) is 0.518. The van der Waals surface area contributed by atoms with Crippen molar-refractivity contribution in [2.75, 3.05) is 0 Å². The average molecular weight is 214 g/mol. The van der Waals surface area contributed by atoms with E-state index < -0.39 is 0 Å². The third-order valence-corrected chi connectivity index (χ3v) is 3.56. The number of hydrogen-bond donors (Lipinski definition) is 1. The zero-order chi connectivity index (χ0) is 11.0. The molecule has 0 unspecified atom stereocenters. The average Bonchev–Trinajstić information content (AvgIpc) is 2.20. The van der Waals surface area contributed by atoms with E-state index in [9.17, 15) is 4.55 Å². The summed E-state index contributed by atoms with van der Waals surface area (Å²) in [6, 6.07) is 0. The van der Waals surface area contributed by atoms with Crippen LogP contribution < -0.4 is 0 Å². The van der Waals surface area contributed by atoms with Crippen molar-refractivity contribution >= 4 is 12.0 Å². The minimum atomic E-state index is -0.229. The molecule has 0 bridgehead atoms. The topological polar surface area (TPSA) is 20.2 Å². The van der Waals surface area contributed by atoms with Crippen molar-refractivity contribution in [3.8, 4) is 0 Å². The first-order chi connectivity index (χ1) is 6.70. The minimum Gasteiger partial charge on any atom is -0.329 e. The van der Waals surface area contributed by atoms with Gasteiger partial charge in [-0.2, -0.15) is 0 Å². The summed E-state index contributed by atoms with van der Waals surface area (Å²) in [5, 5.41) is 0. The van der Waals surface area contributed by atoms with Gasteiger partial charge in [-0.3, -0.25) is 0 Å². The summed E-state index contributed by atoms with van der Waals surface area (Å²) >= 11 is 0.950. The van der Waals surface area contributed by atoms with Gasteiger partial charge in [0.05, 0.1) is 4.75 Å². The Hall–Kier alpha value is -0.210. The molecule has 1 N–H and O–H groups in total. The Morgan fingerprint density at radius 3 is 1.79 bits per heavy atom. The molecule has 0 aliphatic rings. The Labute approximate surface area is 92.5 Å². The van der Waals surface area contributed by atoms with Gasteiger partial charge in [-0.25, -0.2) is 0 Å². The SMILES string of the molecule is CC=CC(C=CC)(SO)C(CC)CC. The number of allylic oxidation sites excluding steroid dienone is 2. The Kier molecular flexibility index (Phi) is 7.02. The lowest BCUT2D eigenvalue weighted by Crippen LogP contribution is -2.29. The lowest BCUT2D eigenvalue weighted by molar-refractivity contribution is 0.441. The van der Waals surface area contributed by atoms with E-state index in [2.05, 4.69) is 26.0 Å². The van der Waals surface area contributed by atoms with Crippen molar-refractivity contribution in [3.05, 3.63) is 24.3 Å². The van der Waals surface area contributed by atoms with Gasteiger partial charge in [-0.15, -0.1) is 0 Å². The van der Waals surface area contributed by atoms with Gasteiger partial charge < -0.3 is 4.55 Å². The first-order valence-corrected chi connectivity index (χ1v) is 6.08. The van der Waals surface area contributed by atoms with Crippen molar-refractivity contribution in [2.45, 2.75) is 45.3 Å². The van der Waals surface area contributed by atoms with Gasteiger partial charge in [-0.05, 0) is 19.8 Å². The van der Waals surface area contributed by atoms with Crippen molar-refractivity contribution in [1.29, 1.82) is 0 Å². The summed E-state index contributed by atoms with van der Waals surface area (Å²) in [6.45, 7) is 8.34. The van der Waals surface area contributed by atoms with E-state index in [0.29, 0.717) is 5.92 Å². The summed E-state index contributed by atoms with van der Waals surface area (Å²) < 4.78 is 9.26. The maximum Gasteiger partial charge on any atom is 0.0806 e. The van der Waals surface area contributed by atoms with Crippen LogP contribution in [0, 0.1) is 5.92 Å². The van der Waals surface area contributed by atoms with Crippen LogP contribution in [-0.2, 0) is 0 Å². The van der Waals surface area contributed by atoms with Crippen LogP contribution in [0.1, 0.15) is 40.5 Å². The molecule has 1 nitrogen and oxygen atoms in total. The fourth-order valence-corrected chi connectivity index (χ4v) is 2.79. The summed E-state index contributed by atoms with van der Waals surface area (Å²) in [7, 11) is 0. The number of rotatable bonds is 6. The van der Waals surface area contributed by atoms with E-state index in [0.717, 1.165) is 24.9 Å². The van der Waals surface area contributed by atoms with Gasteiger partial charge in [0, 0.05) is 12.0 Å². The molecular weight excluding hydrogens is 192 g/mol. The molecular formula is C12H22OS. The van der Waals surface area contributed by atoms with E-state index >= 15 is 0 Å². The fraction of sp³-hybridized carbons (Fsp3) is 0.667. The lowest BCUT2D eigenvalue weighted by Gasteiger charge is -2.32. The Morgan fingerprint density at radius 1 is 1.14 bits per heavy atom. The largest absolute Gasteiger partial charge is 0.329 e. The molecule has 0 radical (unpaired) electrons. The maximum absolute atomic E-state index is 9.49. The molecule has 0 atom stereocenters. The molecule has 0 aromatic heterocycles. The summed E-state index contributed by atoms with van der Waals surface area (Å²) in [5.74, 6) is 0.491. The Morgan fingerprint density at radius 2 is 1.57 bits per heavy atom. The standard InChI is InChI=1S/C12H22OS/c1-5-9-12(14-13,10-6-2)11(7-3)8-4/h5-6,9-11,13H,7-8H2,1-4H3. The molecule has 2 heteroatoms. The van der Waals surface area contributed by atoms with Crippen LogP contribution in [0.2, 0.25) is 0 Å². The molecule has 0 amide bonds. The molecule has 0 saturated heterocycles. The molecule has 0 heterocycles. The van der Waals surface area contributed by atoms with Crippen molar-refractivity contribution in [3.63, 3.8) is 0 Å². The molecule has 0 aliphatic carbocycles. The van der Waals surface area contributed by atoms with Gasteiger partial charge in [0.15, 0.2) is 0 Å². The van der Waals surface area contributed by atoms with Crippen LogP contribution in [0.25, 0.3) is 0 Å². The third-order valence-electron chi connectivity index (χ3n) is 2.64. The van der Waals surface area contributed by atoms with E-state index in [1.54, 1.807) is 0 Å². The first-order valence-electron chi connectivity index (χ1n) is 5.30. The van der Waals surface area contributed by atoms with E-state index in [1.807, 2.05) is 26.0 Å². The minimum absolute atomic E-state index is 0.229. The molecule has 0 rings (SSSR count). The number of hydrogen-bond acceptors (Lipinski definition) is 2. The second kappa shape index (κ2) is 7.13. The summed E-state index contributed by atoms with van der Waals surface area (Å²) in [5.41, 5.74) is 0. The fourth-order valence-electron chi connectivity index (χ4n) is 1.91. The predicted molar refractivity (Wildman–Crippen MR) is 66.7 cm³/mol. The monoisotopic (exact) mass is 214 g/mol. The van der Waals surface area contributed by atoms with Crippen molar-refractivity contribution in [2.24, 2.45) is 5.92 Å². The van der Waals surface area contributed by atoms with Gasteiger partial charge >= 0.3 is 0 Å². The van der Waals surface area contributed by atoms with Crippen molar-refractivity contribution in [1.82, 2.24) is 0 Å². The predicted octanol–water partition coefficient (Wildman–Crippen LogP) is 4.52. The van der Waals surface area contributed by atoms with E-state index in [4.69, 9.17) is 0 Å². The molecule has 0 spiro atoms.